The molecule has 0 heterocycles. The third-order valence-electron chi connectivity index (χ3n) is 2.82. The van der Waals surface area contributed by atoms with Gasteiger partial charge in [0, 0.05) is 13.0 Å². The molecule has 0 amide bonds. The van der Waals surface area contributed by atoms with Crippen molar-refractivity contribution in [2.45, 2.75) is 51.4 Å². The SMILES string of the molecule is CC(C)(C)[Si](C)(C)O[C@H](C=O)CCO. The van der Waals surface area contributed by atoms with Gasteiger partial charge in [-0.2, -0.15) is 0 Å². The molecular formula is C10H22O3Si. The lowest BCUT2D eigenvalue weighted by Gasteiger charge is -2.37. The Hall–Kier alpha value is -0.193. The first-order chi connectivity index (χ1) is 6.24. The van der Waals surface area contributed by atoms with E-state index in [1.165, 1.54) is 0 Å². The molecule has 3 nitrogen and oxygen atoms in total. The third kappa shape index (κ3) is 3.90. The average Bonchev–Trinajstić information content (AvgIpc) is 2.01. The van der Waals surface area contributed by atoms with E-state index in [2.05, 4.69) is 33.9 Å². The Morgan fingerprint density at radius 2 is 1.93 bits per heavy atom. The average molecular weight is 218 g/mol. The van der Waals surface area contributed by atoms with Gasteiger partial charge in [-0.15, -0.1) is 0 Å². The van der Waals surface area contributed by atoms with E-state index in [0.29, 0.717) is 6.42 Å². The number of aliphatic hydroxyl groups is 1. The zero-order valence-corrected chi connectivity index (χ0v) is 10.8. The summed E-state index contributed by atoms with van der Waals surface area (Å²) in [5.74, 6) is 0. The first-order valence-corrected chi connectivity index (χ1v) is 7.89. The summed E-state index contributed by atoms with van der Waals surface area (Å²) in [7, 11) is -1.87. The highest BCUT2D eigenvalue weighted by atomic mass is 28.4. The lowest BCUT2D eigenvalue weighted by Crippen LogP contribution is -2.44. The second kappa shape index (κ2) is 5.05. The van der Waals surface area contributed by atoms with Crippen molar-refractivity contribution in [2.75, 3.05) is 6.61 Å². The summed E-state index contributed by atoms with van der Waals surface area (Å²) in [5, 5.41) is 8.84. The van der Waals surface area contributed by atoms with Crippen LogP contribution in [0.2, 0.25) is 18.1 Å². The number of hydrogen-bond donors (Lipinski definition) is 1. The molecule has 0 aliphatic carbocycles. The van der Waals surface area contributed by atoms with Crippen LogP contribution >= 0.6 is 0 Å². The number of aliphatic hydroxyl groups excluding tert-OH is 1. The molecule has 0 aromatic rings. The lowest BCUT2D eigenvalue weighted by molar-refractivity contribution is -0.114. The lowest BCUT2D eigenvalue weighted by atomic mass is 10.2. The smallest absolute Gasteiger partial charge is 0.193 e. The van der Waals surface area contributed by atoms with Crippen molar-refractivity contribution < 1.29 is 14.3 Å². The molecule has 1 atom stereocenters. The van der Waals surface area contributed by atoms with Crippen molar-refractivity contribution in [2.24, 2.45) is 0 Å². The van der Waals surface area contributed by atoms with Gasteiger partial charge in [0.2, 0.25) is 0 Å². The van der Waals surface area contributed by atoms with Crippen LogP contribution in [0.4, 0.5) is 0 Å². The molecule has 0 saturated heterocycles. The molecule has 84 valence electrons. The first kappa shape index (κ1) is 13.8. The highest BCUT2D eigenvalue weighted by Crippen LogP contribution is 2.37. The predicted molar refractivity (Wildman–Crippen MR) is 59.8 cm³/mol. The van der Waals surface area contributed by atoms with Gasteiger partial charge in [0.15, 0.2) is 8.32 Å². The maximum absolute atomic E-state index is 10.7. The van der Waals surface area contributed by atoms with Gasteiger partial charge in [-0.25, -0.2) is 0 Å². The molecule has 0 aliphatic rings. The summed E-state index contributed by atoms with van der Waals surface area (Å²) in [6.45, 7) is 10.6. The maximum Gasteiger partial charge on any atom is 0.193 e. The molecule has 4 heteroatoms. The van der Waals surface area contributed by atoms with Crippen molar-refractivity contribution in [1.82, 2.24) is 0 Å². The summed E-state index contributed by atoms with van der Waals surface area (Å²) in [6.07, 6.45) is 0.744. The topological polar surface area (TPSA) is 46.5 Å². The molecule has 0 fully saturated rings. The van der Waals surface area contributed by atoms with Gasteiger partial charge >= 0.3 is 0 Å². The van der Waals surface area contributed by atoms with Crippen LogP contribution in [0.5, 0.6) is 0 Å². The van der Waals surface area contributed by atoms with Gasteiger partial charge in [-0.1, -0.05) is 20.8 Å². The van der Waals surface area contributed by atoms with Crippen LogP contribution in [-0.4, -0.2) is 32.4 Å². The summed E-state index contributed by atoms with van der Waals surface area (Å²) < 4.78 is 5.80. The predicted octanol–water partition coefficient (Wildman–Crippen LogP) is 1.96. The van der Waals surface area contributed by atoms with Crippen molar-refractivity contribution in [3.63, 3.8) is 0 Å². The summed E-state index contributed by atoms with van der Waals surface area (Å²) in [6, 6.07) is 0. The summed E-state index contributed by atoms with van der Waals surface area (Å²) in [5.41, 5.74) is 0. The van der Waals surface area contributed by atoms with E-state index in [9.17, 15) is 4.79 Å². The molecular weight excluding hydrogens is 196 g/mol. The first-order valence-electron chi connectivity index (χ1n) is 4.98. The van der Waals surface area contributed by atoms with Crippen LogP contribution in [0.25, 0.3) is 0 Å². The van der Waals surface area contributed by atoms with E-state index < -0.39 is 14.4 Å². The zero-order valence-electron chi connectivity index (χ0n) is 9.83. The Morgan fingerprint density at radius 1 is 1.43 bits per heavy atom. The van der Waals surface area contributed by atoms with E-state index in [1.807, 2.05) is 0 Å². The molecule has 0 aromatic carbocycles. The minimum Gasteiger partial charge on any atom is -0.407 e. The fourth-order valence-corrected chi connectivity index (χ4v) is 2.12. The van der Waals surface area contributed by atoms with E-state index in [0.717, 1.165) is 6.29 Å². The number of rotatable bonds is 5. The van der Waals surface area contributed by atoms with E-state index in [4.69, 9.17) is 9.53 Å². The number of carbonyl (C=O) groups is 1. The van der Waals surface area contributed by atoms with E-state index in [1.54, 1.807) is 0 Å². The van der Waals surface area contributed by atoms with Crippen LogP contribution in [0.3, 0.4) is 0 Å². The summed E-state index contributed by atoms with van der Waals surface area (Å²) in [4.78, 5) is 10.7. The molecule has 0 aromatic heterocycles. The third-order valence-corrected chi connectivity index (χ3v) is 7.32. The Kier molecular flexibility index (Phi) is 4.98. The van der Waals surface area contributed by atoms with E-state index >= 15 is 0 Å². The van der Waals surface area contributed by atoms with Crippen LogP contribution < -0.4 is 0 Å². The molecule has 0 aliphatic heterocycles. The fraction of sp³-hybridized carbons (Fsp3) is 0.900. The minimum absolute atomic E-state index is 0.00195. The normalized spacial score (nSPS) is 15.3. The highest BCUT2D eigenvalue weighted by Gasteiger charge is 2.38. The molecule has 0 radical (unpaired) electrons. The van der Waals surface area contributed by atoms with Gasteiger partial charge < -0.3 is 14.3 Å². The second-order valence-corrected chi connectivity index (χ2v) is 9.82. The molecule has 1 N–H and O–H groups in total. The molecule has 0 saturated carbocycles. The number of hydrogen-bond acceptors (Lipinski definition) is 3. The Labute approximate surface area is 87.6 Å². The molecule has 0 spiro atoms. The quantitative estimate of drug-likeness (QED) is 0.567. The van der Waals surface area contributed by atoms with Gasteiger partial charge in [0.25, 0.3) is 0 Å². The monoisotopic (exact) mass is 218 g/mol. The number of carbonyl (C=O) groups excluding carboxylic acids is 1. The Morgan fingerprint density at radius 3 is 2.21 bits per heavy atom. The maximum atomic E-state index is 10.7. The summed E-state index contributed by atoms with van der Waals surface area (Å²) >= 11 is 0. The number of aldehydes is 1. The van der Waals surface area contributed by atoms with Crippen molar-refractivity contribution in [3.05, 3.63) is 0 Å². The van der Waals surface area contributed by atoms with Crippen molar-refractivity contribution in [1.29, 1.82) is 0 Å². The van der Waals surface area contributed by atoms with Gasteiger partial charge in [-0.05, 0) is 18.1 Å². The molecule has 14 heavy (non-hydrogen) atoms. The Bertz CT molecular complexity index is 184. The second-order valence-electron chi connectivity index (χ2n) is 5.06. The zero-order chi connectivity index (χ0) is 11.4. The van der Waals surface area contributed by atoms with Gasteiger partial charge in [-0.3, -0.25) is 0 Å². The van der Waals surface area contributed by atoms with E-state index in [-0.39, 0.29) is 11.6 Å². The van der Waals surface area contributed by atoms with Crippen molar-refractivity contribution in [3.8, 4) is 0 Å². The molecule has 0 unspecified atom stereocenters. The van der Waals surface area contributed by atoms with Crippen LogP contribution in [0, 0.1) is 0 Å². The van der Waals surface area contributed by atoms with Gasteiger partial charge in [0.1, 0.15) is 12.4 Å². The van der Waals surface area contributed by atoms with Crippen LogP contribution in [0.1, 0.15) is 27.2 Å². The minimum atomic E-state index is -1.87. The standard InChI is InChI=1S/C10H22O3Si/c1-10(2,3)14(4,5)13-9(8-12)6-7-11/h8-9,11H,6-7H2,1-5H3/t9-/m0/s1. The van der Waals surface area contributed by atoms with Crippen LogP contribution in [0.15, 0.2) is 0 Å². The largest absolute Gasteiger partial charge is 0.407 e. The van der Waals surface area contributed by atoms with Gasteiger partial charge in [0.05, 0.1) is 0 Å². The Balaban J connectivity index is 4.39. The molecule has 0 bridgehead atoms. The molecule has 0 rings (SSSR count). The highest BCUT2D eigenvalue weighted by molar-refractivity contribution is 6.74. The fourth-order valence-electron chi connectivity index (χ4n) is 0.837. The van der Waals surface area contributed by atoms with Crippen LogP contribution in [-0.2, 0) is 9.22 Å². The van der Waals surface area contributed by atoms with Crippen molar-refractivity contribution >= 4 is 14.6 Å².